The summed E-state index contributed by atoms with van der Waals surface area (Å²) in [6, 6.07) is 98.3. The van der Waals surface area contributed by atoms with Crippen LogP contribution in [0.4, 0.5) is 11.4 Å². The van der Waals surface area contributed by atoms with E-state index in [1.807, 2.05) is 0 Å². The topological polar surface area (TPSA) is 6.48 Å². The zero-order valence-electron chi connectivity index (χ0n) is 34.7. The number of rotatable bonds is 14. The van der Waals surface area contributed by atoms with Crippen LogP contribution in [0.2, 0.25) is 0 Å². The van der Waals surface area contributed by atoms with Gasteiger partial charge in [0.25, 0.3) is 0 Å². The average Bonchev–Trinajstić information content (AvgIpc) is 3.38. The van der Waals surface area contributed by atoms with Gasteiger partial charge in [0, 0.05) is 0 Å². The van der Waals surface area contributed by atoms with Crippen LogP contribution in [0.1, 0.15) is 0 Å². The van der Waals surface area contributed by atoms with Gasteiger partial charge in [-0.15, -0.1) is 0 Å². The molecule has 0 aliphatic carbocycles. The molecule has 9 aromatic rings. The molecule has 9 rings (SSSR count). The Kier molecular flexibility index (Phi) is 14.3. The predicted octanol–water partition coefficient (Wildman–Crippen LogP) is 9.97. The summed E-state index contributed by atoms with van der Waals surface area (Å²) in [5.41, 5.74) is -8.19. The molecule has 0 amide bonds. The third-order valence-electron chi connectivity index (χ3n) is 11.2. The van der Waals surface area contributed by atoms with Crippen molar-refractivity contribution in [2.45, 2.75) is 0 Å². The van der Waals surface area contributed by atoms with Gasteiger partial charge in [0.1, 0.15) is 0 Å². The van der Waals surface area contributed by atoms with Crippen LogP contribution in [0.5, 0.6) is 0 Å². The second-order valence-corrected chi connectivity index (χ2v) is 39.4. The van der Waals surface area contributed by atoms with Crippen LogP contribution in [0, 0.1) is 0 Å². The van der Waals surface area contributed by atoms with Crippen molar-refractivity contribution in [1.29, 1.82) is 0 Å². The van der Waals surface area contributed by atoms with E-state index < -0.39 is 22.6 Å². The molecule has 0 unspecified atom stereocenters. The Morgan fingerprint density at radius 3 is 0.516 bits per heavy atom. The van der Waals surface area contributed by atoms with Gasteiger partial charge in [-0.1, -0.05) is 0 Å². The number of nitrogens with zero attached hydrogens (tertiary/aromatic N) is 2. The van der Waals surface area contributed by atoms with Gasteiger partial charge in [-0.05, 0) is 0 Å². The molecule has 0 saturated carbocycles. The molecule has 314 valence electrons. The zero-order chi connectivity index (χ0) is 44.0. The third-order valence-corrected chi connectivity index (χ3v) is 43.5. The average molecular weight is 1160 g/mol. The van der Waals surface area contributed by atoms with Gasteiger partial charge in [0.2, 0.25) is 0 Å². The Labute approximate surface area is 408 Å². The van der Waals surface area contributed by atoms with Crippen LogP contribution in [0.15, 0.2) is 267 Å². The standard InChI is InChI=1S/C54H44N2P4Se4/c61-57(47-28-9-1-10-29-47,48-30-11-2-12-31-48)55(58(62,49-32-13-3-14-33-49)50-34-15-4-16-35-50)45-26-25-27-46(44-45)56(59(63,51-36-17-5-18-37-51)52-38-19-6-20-39-52)60(64,53-40-21-7-22-41-53)54-42-23-8-24-43-54/h1-44H. The fourth-order valence-corrected chi connectivity index (χ4v) is 43.9. The van der Waals surface area contributed by atoms with Crippen molar-refractivity contribution in [2.24, 2.45) is 0 Å². The molecular formula is C54H44N2P4Se4. The van der Waals surface area contributed by atoms with E-state index in [1.165, 1.54) is 42.4 Å². The SMILES string of the molecule is [Se]=P(c1ccccc1)(c1ccccc1)N(c1cccc(N(P(=[Se])(c2ccccc2)c2ccccc2)P(=[Se])(c2ccccc2)c2ccccc2)c1)P(=[Se])(c1ccccc1)c1ccccc1. The van der Waals surface area contributed by atoms with Crippen LogP contribution in [-0.2, 0) is 0 Å². The first-order chi connectivity index (χ1) is 31.3. The second-order valence-electron chi connectivity index (χ2n) is 15.1. The first kappa shape index (κ1) is 45.5. The summed E-state index contributed by atoms with van der Waals surface area (Å²) in [5, 5.41) is 10.1. The Bertz CT molecular complexity index is 2590. The quantitative estimate of drug-likeness (QED) is 0.0791. The van der Waals surface area contributed by atoms with Gasteiger partial charge in [0.05, 0.1) is 0 Å². The normalized spacial score (nSPS) is 12.0. The van der Waals surface area contributed by atoms with Crippen LogP contribution in [0.3, 0.4) is 0 Å². The minimum absolute atomic E-state index is 1.13. The van der Waals surface area contributed by atoms with Gasteiger partial charge in [-0.3, -0.25) is 0 Å². The molecule has 0 radical (unpaired) electrons. The van der Waals surface area contributed by atoms with Crippen LogP contribution < -0.4 is 51.3 Å². The summed E-state index contributed by atoms with van der Waals surface area (Å²) in [5.74, 6) is 0. The van der Waals surface area contributed by atoms with Gasteiger partial charge >= 0.3 is 413 Å². The third kappa shape index (κ3) is 8.50. The maximum absolute atomic E-state index is 4.01. The molecule has 10 heteroatoms. The zero-order valence-corrected chi connectivity index (χ0v) is 45.1. The summed E-state index contributed by atoms with van der Waals surface area (Å²) in [6.45, 7) is 0. The Morgan fingerprint density at radius 1 is 0.203 bits per heavy atom. The summed E-state index contributed by atoms with van der Waals surface area (Å²) >= 11 is 16.0. The van der Waals surface area contributed by atoms with Crippen molar-refractivity contribution in [2.75, 3.05) is 8.88 Å². The molecule has 0 fully saturated rings. The van der Waals surface area contributed by atoms with Gasteiger partial charge in [-0.2, -0.15) is 0 Å². The molecule has 0 aromatic heterocycles. The minimum atomic E-state index is -2.61. The van der Waals surface area contributed by atoms with E-state index in [0.717, 1.165) is 11.4 Å². The van der Waals surface area contributed by atoms with Crippen molar-refractivity contribution in [3.8, 4) is 0 Å². The summed E-state index contributed by atoms with van der Waals surface area (Å²) < 4.78 is 5.62. The van der Waals surface area contributed by atoms with Crippen LogP contribution in [0.25, 0.3) is 0 Å². The van der Waals surface area contributed by atoms with E-state index in [-0.39, 0.29) is 0 Å². The Hall–Kier alpha value is -3.62. The molecule has 0 heterocycles. The number of benzene rings is 9. The molecule has 0 N–H and O–H groups in total. The monoisotopic (exact) mass is 1160 g/mol. The van der Waals surface area contributed by atoms with E-state index in [4.69, 9.17) is 0 Å². The Balaban J connectivity index is 1.44. The van der Waals surface area contributed by atoms with Crippen LogP contribution >= 0.6 is 22.6 Å². The molecule has 0 bridgehead atoms. The molecule has 0 spiro atoms. The molecule has 0 atom stereocenters. The summed E-state index contributed by atoms with van der Waals surface area (Å²) in [4.78, 5) is 0. The molecule has 64 heavy (non-hydrogen) atoms. The van der Waals surface area contributed by atoms with E-state index in [9.17, 15) is 0 Å². The fourth-order valence-electron chi connectivity index (χ4n) is 8.26. The van der Waals surface area contributed by atoms with E-state index in [2.05, 4.69) is 336 Å². The van der Waals surface area contributed by atoms with Crippen molar-refractivity contribution in [3.63, 3.8) is 0 Å². The fraction of sp³-hybridized carbons (Fsp3) is 0. The number of hydrogen-bond acceptors (Lipinski definition) is 2. The molecule has 0 aliphatic heterocycles. The van der Waals surface area contributed by atoms with Crippen molar-refractivity contribution in [3.05, 3.63) is 267 Å². The molecule has 2 nitrogen and oxygen atoms in total. The molecular weight excluding hydrogens is 1120 g/mol. The maximum atomic E-state index is 4.01. The van der Waals surface area contributed by atoms with E-state index in [1.54, 1.807) is 0 Å². The number of hydrogen-bond donors (Lipinski definition) is 0. The van der Waals surface area contributed by atoms with Crippen molar-refractivity contribution in [1.82, 2.24) is 0 Å². The second kappa shape index (κ2) is 20.1. The molecule has 9 aromatic carbocycles. The first-order valence-corrected chi connectivity index (χ1v) is 36.7. The first-order valence-electron chi connectivity index (χ1n) is 20.9. The molecule has 0 aliphatic rings. The van der Waals surface area contributed by atoms with Gasteiger partial charge in [-0.25, -0.2) is 0 Å². The van der Waals surface area contributed by atoms with Gasteiger partial charge < -0.3 is 0 Å². The van der Waals surface area contributed by atoms with E-state index in [0.29, 0.717) is 0 Å². The molecule has 0 saturated heterocycles. The van der Waals surface area contributed by atoms with Crippen molar-refractivity contribution < 1.29 is 0 Å². The summed E-state index contributed by atoms with van der Waals surface area (Å²) in [6.07, 6.45) is 0. The van der Waals surface area contributed by atoms with Crippen LogP contribution in [-0.4, -0.2) is 60.4 Å². The predicted molar refractivity (Wildman–Crippen MR) is 291 cm³/mol. The summed E-state index contributed by atoms with van der Waals surface area (Å²) in [7, 11) is 0. The van der Waals surface area contributed by atoms with Gasteiger partial charge in [0.15, 0.2) is 0 Å². The Morgan fingerprint density at radius 2 is 0.359 bits per heavy atom. The number of anilines is 2. The van der Waals surface area contributed by atoms with Crippen molar-refractivity contribution >= 4 is 137 Å². The van der Waals surface area contributed by atoms with E-state index >= 15 is 0 Å².